The van der Waals surface area contributed by atoms with Crippen molar-refractivity contribution in [3.63, 3.8) is 0 Å². The van der Waals surface area contributed by atoms with Crippen molar-refractivity contribution in [3.05, 3.63) is 29.3 Å². The van der Waals surface area contributed by atoms with Crippen molar-refractivity contribution in [3.8, 4) is 5.75 Å². The van der Waals surface area contributed by atoms with Gasteiger partial charge in [0.2, 0.25) is 10.0 Å². The molecule has 0 aliphatic heterocycles. The number of sulfonamides is 1. The number of nitrogens with one attached hydrogen (secondary N) is 3. The van der Waals surface area contributed by atoms with Crippen LogP contribution in [0.15, 0.2) is 23.2 Å². The van der Waals surface area contributed by atoms with Crippen LogP contribution in [0.4, 0.5) is 0 Å². The molecule has 1 rings (SSSR count). The molecular formula is C15H26N4O3S. The predicted molar refractivity (Wildman–Crippen MR) is 93.4 cm³/mol. The number of aryl methyl sites for hydroxylation is 1. The van der Waals surface area contributed by atoms with Crippen molar-refractivity contribution >= 4 is 16.0 Å². The number of guanidine groups is 1. The molecule has 0 atom stereocenters. The number of rotatable bonds is 8. The van der Waals surface area contributed by atoms with Crippen molar-refractivity contribution in [2.24, 2.45) is 4.99 Å². The van der Waals surface area contributed by atoms with E-state index >= 15 is 0 Å². The first-order valence-electron chi connectivity index (χ1n) is 7.47. The number of hydrogen-bond acceptors (Lipinski definition) is 4. The number of aliphatic imine (C=N–C) groups is 1. The third-order valence-corrected chi connectivity index (χ3v) is 3.70. The zero-order valence-corrected chi connectivity index (χ0v) is 15.0. The van der Waals surface area contributed by atoms with E-state index < -0.39 is 10.0 Å². The summed E-state index contributed by atoms with van der Waals surface area (Å²) < 4.78 is 30.0. The van der Waals surface area contributed by atoms with Crippen LogP contribution in [0.3, 0.4) is 0 Å². The van der Waals surface area contributed by atoms with Crippen molar-refractivity contribution < 1.29 is 13.2 Å². The average Bonchev–Trinajstić information content (AvgIpc) is 2.47. The van der Waals surface area contributed by atoms with Gasteiger partial charge in [-0.05, 0) is 25.5 Å². The zero-order chi connectivity index (χ0) is 17.3. The second kappa shape index (κ2) is 9.36. The summed E-state index contributed by atoms with van der Waals surface area (Å²) in [6.45, 7) is 5.90. The molecule has 130 valence electrons. The second-order valence-corrected chi connectivity index (χ2v) is 6.90. The number of ether oxygens (including phenoxy) is 1. The Bertz CT molecular complexity index is 630. The smallest absolute Gasteiger partial charge is 0.208 e. The molecule has 0 aliphatic carbocycles. The molecule has 0 saturated carbocycles. The van der Waals surface area contributed by atoms with E-state index in [0.29, 0.717) is 32.2 Å². The standard InChI is InChI=1S/C15H26N4O3S/c1-5-22-14-10-12(2)6-7-13(14)11-18-15(16-3)17-8-9-19-23(4,20)21/h6-7,10,19H,5,8-9,11H2,1-4H3,(H2,16,17,18). The molecule has 0 radical (unpaired) electrons. The largest absolute Gasteiger partial charge is 0.494 e. The fraction of sp³-hybridized carbons (Fsp3) is 0.533. The first-order valence-corrected chi connectivity index (χ1v) is 9.36. The Morgan fingerprint density at radius 3 is 2.61 bits per heavy atom. The van der Waals surface area contributed by atoms with Crippen molar-refractivity contribution in [2.45, 2.75) is 20.4 Å². The molecule has 8 heteroatoms. The SMILES string of the molecule is CCOc1cc(C)ccc1CNC(=NC)NCCNS(C)(=O)=O. The first-order chi connectivity index (χ1) is 10.9. The van der Waals surface area contributed by atoms with Gasteiger partial charge in [0, 0.05) is 32.2 Å². The van der Waals surface area contributed by atoms with Crippen LogP contribution in [-0.2, 0) is 16.6 Å². The molecule has 0 amide bonds. The molecule has 0 spiro atoms. The third-order valence-electron chi connectivity index (χ3n) is 2.97. The average molecular weight is 342 g/mol. The topological polar surface area (TPSA) is 91.8 Å². The van der Waals surface area contributed by atoms with E-state index in [9.17, 15) is 8.42 Å². The summed E-state index contributed by atoms with van der Waals surface area (Å²) in [5.41, 5.74) is 2.18. The van der Waals surface area contributed by atoms with Gasteiger partial charge in [-0.25, -0.2) is 13.1 Å². The molecule has 0 aliphatic rings. The molecule has 1 aromatic rings. The Hall–Kier alpha value is -1.80. The first kappa shape index (κ1) is 19.2. The number of benzene rings is 1. The van der Waals surface area contributed by atoms with E-state index in [1.165, 1.54) is 0 Å². The van der Waals surface area contributed by atoms with Gasteiger partial charge < -0.3 is 15.4 Å². The summed E-state index contributed by atoms with van der Waals surface area (Å²) in [5, 5.41) is 6.23. The van der Waals surface area contributed by atoms with Gasteiger partial charge in [0.15, 0.2) is 5.96 Å². The Morgan fingerprint density at radius 1 is 1.26 bits per heavy atom. The minimum absolute atomic E-state index is 0.300. The summed E-state index contributed by atoms with van der Waals surface area (Å²) in [6.07, 6.45) is 1.13. The van der Waals surface area contributed by atoms with Crippen LogP contribution in [-0.4, -0.2) is 47.4 Å². The van der Waals surface area contributed by atoms with Crippen LogP contribution < -0.4 is 20.1 Å². The molecule has 0 saturated heterocycles. The van der Waals surface area contributed by atoms with E-state index in [-0.39, 0.29) is 0 Å². The van der Waals surface area contributed by atoms with E-state index in [0.717, 1.165) is 23.1 Å². The van der Waals surface area contributed by atoms with Gasteiger partial charge in [-0.15, -0.1) is 0 Å². The van der Waals surface area contributed by atoms with Crippen molar-refractivity contribution in [1.29, 1.82) is 0 Å². The van der Waals surface area contributed by atoms with Gasteiger partial charge in [-0.2, -0.15) is 0 Å². The van der Waals surface area contributed by atoms with Crippen molar-refractivity contribution in [2.75, 3.05) is 33.0 Å². The highest BCUT2D eigenvalue weighted by Gasteiger charge is 2.05. The molecular weight excluding hydrogens is 316 g/mol. The lowest BCUT2D eigenvalue weighted by atomic mass is 10.1. The van der Waals surface area contributed by atoms with Gasteiger partial charge in [0.1, 0.15) is 5.75 Å². The lowest BCUT2D eigenvalue weighted by Gasteiger charge is -2.15. The lowest BCUT2D eigenvalue weighted by molar-refractivity contribution is 0.336. The van der Waals surface area contributed by atoms with Crippen LogP contribution >= 0.6 is 0 Å². The van der Waals surface area contributed by atoms with Gasteiger partial charge in [-0.1, -0.05) is 12.1 Å². The van der Waals surface area contributed by atoms with Crippen LogP contribution in [0.1, 0.15) is 18.1 Å². The minimum Gasteiger partial charge on any atom is -0.494 e. The Morgan fingerprint density at radius 2 is 2.00 bits per heavy atom. The maximum absolute atomic E-state index is 11.0. The maximum atomic E-state index is 11.0. The molecule has 0 fully saturated rings. The monoisotopic (exact) mass is 342 g/mol. The molecule has 0 unspecified atom stereocenters. The third kappa shape index (κ3) is 7.85. The summed E-state index contributed by atoms with van der Waals surface area (Å²) in [4.78, 5) is 4.11. The fourth-order valence-corrected chi connectivity index (χ4v) is 2.39. The van der Waals surface area contributed by atoms with E-state index in [4.69, 9.17) is 4.74 Å². The second-order valence-electron chi connectivity index (χ2n) is 5.06. The quantitative estimate of drug-likeness (QED) is 0.366. The zero-order valence-electron chi connectivity index (χ0n) is 14.1. The molecule has 0 bridgehead atoms. The summed E-state index contributed by atoms with van der Waals surface area (Å²) in [5.74, 6) is 1.46. The highest BCUT2D eigenvalue weighted by atomic mass is 32.2. The summed E-state index contributed by atoms with van der Waals surface area (Å²) >= 11 is 0. The molecule has 1 aromatic carbocycles. The Balaban J connectivity index is 2.52. The van der Waals surface area contributed by atoms with Crippen LogP contribution in [0.25, 0.3) is 0 Å². The molecule has 0 heterocycles. The molecule has 0 aromatic heterocycles. The fourth-order valence-electron chi connectivity index (χ4n) is 1.91. The maximum Gasteiger partial charge on any atom is 0.208 e. The minimum atomic E-state index is -3.17. The predicted octanol–water partition coefficient (Wildman–Crippen LogP) is 0.608. The van der Waals surface area contributed by atoms with Gasteiger partial charge in [0.25, 0.3) is 0 Å². The van der Waals surface area contributed by atoms with Gasteiger partial charge in [0.05, 0.1) is 12.9 Å². The molecule has 23 heavy (non-hydrogen) atoms. The molecule has 3 N–H and O–H groups in total. The van der Waals surface area contributed by atoms with E-state index in [2.05, 4.69) is 20.3 Å². The van der Waals surface area contributed by atoms with E-state index in [1.54, 1.807) is 7.05 Å². The van der Waals surface area contributed by atoms with Crippen LogP contribution in [0, 0.1) is 6.92 Å². The highest BCUT2D eigenvalue weighted by Crippen LogP contribution is 2.20. The van der Waals surface area contributed by atoms with Gasteiger partial charge in [-0.3, -0.25) is 4.99 Å². The van der Waals surface area contributed by atoms with Gasteiger partial charge >= 0.3 is 0 Å². The number of hydrogen-bond donors (Lipinski definition) is 3. The lowest BCUT2D eigenvalue weighted by Crippen LogP contribution is -2.41. The normalized spacial score (nSPS) is 12.1. The van der Waals surface area contributed by atoms with Crippen LogP contribution in [0.2, 0.25) is 0 Å². The molecule has 7 nitrogen and oxygen atoms in total. The van der Waals surface area contributed by atoms with E-state index in [1.807, 2.05) is 32.0 Å². The summed E-state index contributed by atoms with van der Waals surface area (Å²) in [6, 6.07) is 6.06. The van der Waals surface area contributed by atoms with Crippen LogP contribution in [0.5, 0.6) is 5.75 Å². The Labute approximate surface area is 138 Å². The Kier molecular flexibility index (Phi) is 7.84. The number of nitrogens with zero attached hydrogens (tertiary/aromatic N) is 1. The van der Waals surface area contributed by atoms with Crippen molar-refractivity contribution in [1.82, 2.24) is 15.4 Å². The summed E-state index contributed by atoms with van der Waals surface area (Å²) in [7, 11) is -1.50. The highest BCUT2D eigenvalue weighted by molar-refractivity contribution is 7.88.